The summed E-state index contributed by atoms with van der Waals surface area (Å²) in [4.78, 5) is 8.16. The lowest BCUT2D eigenvalue weighted by atomic mass is 10.2. The molecule has 8 heteroatoms. The van der Waals surface area contributed by atoms with Gasteiger partial charge >= 0.3 is 0 Å². The second-order valence-electron chi connectivity index (χ2n) is 6.18. The van der Waals surface area contributed by atoms with Crippen LogP contribution in [0.15, 0.2) is 29.2 Å². The minimum atomic E-state index is -3.61. The summed E-state index contributed by atoms with van der Waals surface area (Å²) in [5.74, 6) is 0.705. The number of fused-ring (bicyclic) bond motifs is 1. The SMILES string of the molecule is Cc1n[nH]c(C)c1S(=O)(=O)N1CCC[C@H]1c1nc2ccccc2[nH]1. The van der Waals surface area contributed by atoms with E-state index in [2.05, 4.69) is 20.2 Å². The number of hydrogen-bond donors (Lipinski definition) is 2. The number of sulfonamides is 1. The first-order chi connectivity index (χ1) is 11.5. The van der Waals surface area contributed by atoms with Crippen molar-refractivity contribution in [3.63, 3.8) is 0 Å². The second kappa shape index (κ2) is 5.42. The number of H-pyrrole nitrogens is 2. The van der Waals surface area contributed by atoms with Crippen LogP contribution in [0.4, 0.5) is 0 Å². The molecule has 1 atom stereocenters. The minimum Gasteiger partial charge on any atom is -0.341 e. The highest BCUT2D eigenvalue weighted by atomic mass is 32.2. The summed E-state index contributed by atoms with van der Waals surface area (Å²) >= 11 is 0. The van der Waals surface area contributed by atoms with E-state index in [1.165, 1.54) is 0 Å². The van der Waals surface area contributed by atoms with E-state index < -0.39 is 10.0 Å². The third-order valence-corrected chi connectivity index (χ3v) is 6.73. The molecule has 0 saturated carbocycles. The van der Waals surface area contributed by atoms with Gasteiger partial charge in [0.2, 0.25) is 10.0 Å². The highest BCUT2D eigenvalue weighted by Gasteiger charge is 2.39. The molecule has 0 amide bonds. The van der Waals surface area contributed by atoms with Crippen LogP contribution in [0.1, 0.15) is 36.1 Å². The van der Waals surface area contributed by atoms with Crippen molar-refractivity contribution in [2.24, 2.45) is 0 Å². The first-order valence-corrected chi connectivity index (χ1v) is 9.40. The molecule has 0 radical (unpaired) electrons. The zero-order valence-electron chi connectivity index (χ0n) is 13.6. The molecule has 0 spiro atoms. The molecule has 7 nitrogen and oxygen atoms in total. The maximum absolute atomic E-state index is 13.2. The fraction of sp³-hybridized carbons (Fsp3) is 0.375. The minimum absolute atomic E-state index is 0.268. The highest BCUT2D eigenvalue weighted by Crippen LogP contribution is 2.37. The molecule has 1 aliphatic rings. The van der Waals surface area contributed by atoms with Crippen LogP contribution in [-0.2, 0) is 10.0 Å². The number of aromatic amines is 2. The van der Waals surface area contributed by atoms with Crippen molar-refractivity contribution in [1.82, 2.24) is 24.5 Å². The first kappa shape index (κ1) is 15.3. The molecule has 1 aromatic carbocycles. The van der Waals surface area contributed by atoms with Crippen LogP contribution in [0.3, 0.4) is 0 Å². The van der Waals surface area contributed by atoms with E-state index in [0.717, 1.165) is 23.9 Å². The van der Waals surface area contributed by atoms with Crippen molar-refractivity contribution < 1.29 is 8.42 Å². The average Bonchev–Trinajstić information content (AvgIpc) is 3.24. The Bertz CT molecular complexity index is 952. The molecule has 3 aromatic rings. The summed E-state index contributed by atoms with van der Waals surface area (Å²) in [6.07, 6.45) is 1.58. The summed E-state index contributed by atoms with van der Waals surface area (Å²) in [5.41, 5.74) is 2.85. The quantitative estimate of drug-likeness (QED) is 0.762. The Labute approximate surface area is 140 Å². The largest absolute Gasteiger partial charge is 0.341 e. The monoisotopic (exact) mass is 345 g/mol. The van der Waals surface area contributed by atoms with Crippen molar-refractivity contribution in [3.8, 4) is 0 Å². The van der Waals surface area contributed by atoms with E-state index in [1.807, 2.05) is 24.3 Å². The molecule has 0 unspecified atom stereocenters. The lowest BCUT2D eigenvalue weighted by molar-refractivity contribution is 0.385. The molecular formula is C16H19N5O2S. The van der Waals surface area contributed by atoms with E-state index in [1.54, 1.807) is 18.2 Å². The lowest BCUT2D eigenvalue weighted by Crippen LogP contribution is -2.31. The number of aryl methyl sites for hydroxylation is 2. The van der Waals surface area contributed by atoms with Gasteiger partial charge in [-0.25, -0.2) is 13.4 Å². The van der Waals surface area contributed by atoms with Crippen LogP contribution in [0.25, 0.3) is 11.0 Å². The Kier molecular flexibility index (Phi) is 3.47. The van der Waals surface area contributed by atoms with Crippen molar-refractivity contribution in [1.29, 1.82) is 0 Å². The molecule has 2 aromatic heterocycles. The second-order valence-corrected chi connectivity index (χ2v) is 8.00. The van der Waals surface area contributed by atoms with Gasteiger partial charge in [-0.1, -0.05) is 12.1 Å². The van der Waals surface area contributed by atoms with Gasteiger partial charge in [0.1, 0.15) is 10.7 Å². The van der Waals surface area contributed by atoms with Crippen LogP contribution in [0.2, 0.25) is 0 Å². The van der Waals surface area contributed by atoms with Gasteiger partial charge in [-0.3, -0.25) is 5.10 Å². The summed E-state index contributed by atoms with van der Waals surface area (Å²) in [7, 11) is -3.61. The summed E-state index contributed by atoms with van der Waals surface area (Å²) in [6, 6.07) is 7.47. The van der Waals surface area contributed by atoms with Crippen LogP contribution >= 0.6 is 0 Å². The standard InChI is InChI=1S/C16H19N5O2S/c1-10-15(11(2)20-19-10)24(22,23)21-9-5-8-14(21)16-17-12-6-3-4-7-13(12)18-16/h3-4,6-7,14H,5,8-9H2,1-2H3,(H,17,18)(H,19,20)/t14-/m0/s1. The van der Waals surface area contributed by atoms with Gasteiger partial charge in [-0.15, -0.1) is 0 Å². The van der Waals surface area contributed by atoms with Gasteiger partial charge in [0, 0.05) is 6.54 Å². The molecule has 3 heterocycles. The molecule has 0 bridgehead atoms. The molecule has 126 valence electrons. The Morgan fingerprint density at radius 2 is 2.04 bits per heavy atom. The van der Waals surface area contributed by atoms with Crippen LogP contribution in [-0.4, -0.2) is 39.4 Å². The predicted molar refractivity (Wildman–Crippen MR) is 90.0 cm³/mol. The molecule has 1 fully saturated rings. The Balaban J connectivity index is 1.77. The number of nitrogens with zero attached hydrogens (tertiary/aromatic N) is 3. The van der Waals surface area contributed by atoms with Gasteiger partial charge in [-0.05, 0) is 38.8 Å². The van der Waals surface area contributed by atoms with Crippen molar-refractivity contribution in [2.45, 2.75) is 37.6 Å². The third kappa shape index (κ3) is 2.25. The number of rotatable bonds is 3. The number of hydrogen-bond acceptors (Lipinski definition) is 4. The van der Waals surface area contributed by atoms with E-state index >= 15 is 0 Å². The zero-order chi connectivity index (χ0) is 16.9. The maximum Gasteiger partial charge on any atom is 0.247 e. The van der Waals surface area contributed by atoms with Crippen LogP contribution < -0.4 is 0 Å². The van der Waals surface area contributed by atoms with Gasteiger partial charge in [0.25, 0.3) is 0 Å². The fourth-order valence-electron chi connectivity index (χ4n) is 3.47. The van der Waals surface area contributed by atoms with Crippen molar-refractivity contribution >= 4 is 21.1 Å². The lowest BCUT2D eigenvalue weighted by Gasteiger charge is -2.22. The fourth-order valence-corrected chi connectivity index (χ4v) is 5.47. The number of benzene rings is 1. The van der Waals surface area contributed by atoms with E-state index in [9.17, 15) is 8.42 Å². The molecule has 2 N–H and O–H groups in total. The van der Waals surface area contributed by atoms with E-state index in [4.69, 9.17) is 0 Å². The predicted octanol–water partition coefficient (Wildman–Crippen LogP) is 2.43. The van der Waals surface area contributed by atoms with Gasteiger partial charge < -0.3 is 4.98 Å². The molecular weight excluding hydrogens is 326 g/mol. The molecule has 4 rings (SSSR count). The summed E-state index contributed by atoms with van der Waals surface area (Å²) < 4.78 is 27.9. The van der Waals surface area contributed by atoms with Crippen molar-refractivity contribution in [2.75, 3.05) is 6.54 Å². The number of nitrogens with one attached hydrogen (secondary N) is 2. The molecule has 1 aliphatic heterocycles. The topological polar surface area (TPSA) is 94.7 Å². The highest BCUT2D eigenvalue weighted by molar-refractivity contribution is 7.89. The van der Waals surface area contributed by atoms with Gasteiger partial charge in [-0.2, -0.15) is 9.40 Å². The normalized spacial score (nSPS) is 19.3. The molecule has 24 heavy (non-hydrogen) atoms. The number of imidazole rings is 1. The van der Waals surface area contributed by atoms with Crippen LogP contribution in [0.5, 0.6) is 0 Å². The maximum atomic E-state index is 13.2. The van der Waals surface area contributed by atoms with E-state index in [-0.39, 0.29) is 10.9 Å². The first-order valence-electron chi connectivity index (χ1n) is 7.96. The summed E-state index contributed by atoms with van der Waals surface area (Å²) in [6.45, 7) is 3.94. The number of aromatic nitrogens is 4. The zero-order valence-corrected chi connectivity index (χ0v) is 14.4. The summed E-state index contributed by atoms with van der Waals surface area (Å²) in [5, 5.41) is 6.80. The van der Waals surface area contributed by atoms with Crippen molar-refractivity contribution in [3.05, 3.63) is 41.5 Å². The van der Waals surface area contributed by atoms with Gasteiger partial charge in [0.15, 0.2) is 0 Å². The average molecular weight is 345 g/mol. The third-order valence-electron chi connectivity index (χ3n) is 4.55. The molecule has 1 saturated heterocycles. The van der Waals surface area contributed by atoms with Gasteiger partial charge in [0.05, 0.1) is 28.5 Å². The Morgan fingerprint density at radius 1 is 1.25 bits per heavy atom. The van der Waals surface area contributed by atoms with Crippen LogP contribution in [0, 0.1) is 13.8 Å². The van der Waals surface area contributed by atoms with E-state index in [0.29, 0.717) is 23.8 Å². The molecule has 0 aliphatic carbocycles. The number of para-hydroxylation sites is 2. The Morgan fingerprint density at radius 3 is 2.75 bits per heavy atom. The smallest absolute Gasteiger partial charge is 0.247 e. The Hall–Kier alpha value is -2.19.